The zero-order valence-electron chi connectivity index (χ0n) is 22.8. The van der Waals surface area contributed by atoms with Crippen LogP contribution in [0, 0.1) is 35.2 Å². The lowest BCUT2D eigenvalue weighted by Gasteiger charge is -2.27. The number of nitrogens with zero attached hydrogens (tertiary/aromatic N) is 2. The zero-order valence-corrected chi connectivity index (χ0v) is 22.8. The van der Waals surface area contributed by atoms with Gasteiger partial charge in [0.1, 0.15) is 17.3 Å². The second-order valence-corrected chi connectivity index (χ2v) is 11.2. The van der Waals surface area contributed by atoms with Gasteiger partial charge in [0, 0.05) is 23.6 Å². The number of carbonyl (C=O) groups is 2. The molecule has 2 aromatic carbocycles. The maximum atomic E-state index is 15.2. The summed E-state index contributed by atoms with van der Waals surface area (Å²) in [6.07, 6.45) is 8.24. The Labute approximate surface area is 236 Å². The van der Waals surface area contributed by atoms with Gasteiger partial charge in [-0.25, -0.2) is 17.9 Å². The van der Waals surface area contributed by atoms with Gasteiger partial charge in [0.15, 0.2) is 11.5 Å². The quantitative estimate of drug-likeness (QED) is 0.223. The summed E-state index contributed by atoms with van der Waals surface area (Å²) in [5.41, 5.74) is 2.38. The van der Waals surface area contributed by atoms with Gasteiger partial charge in [-0.1, -0.05) is 30.7 Å². The fourth-order valence-corrected chi connectivity index (χ4v) is 6.92. The largest absolute Gasteiger partial charge is 0.466 e. The molecule has 3 aliphatic carbocycles. The van der Waals surface area contributed by atoms with E-state index in [2.05, 4.69) is 10.4 Å². The molecule has 1 fully saturated rings. The molecule has 2 bridgehead atoms. The van der Waals surface area contributed by atoms with E-state index in [4.69, 9.17) is 4.74 Å². The summed E-state index contributed by atoms with van der Waals surface area (Å²) < 4.78 is 49.8. The Morgan fingerprint density at radius 3 is 2.63 bits per heavy atom. The minimum atomic E-state index is -0.795. The fourth-order valence-electron chi connectivity index (χ4n) is 6.92. The average molecular weight is 564 g/mol. The van der Waals surface area contributed by atoms with Gasteiger partial charge in [-0.3, -0.25) is 9.59 Å². The highest BCUT2D eigenvalue weighted by atomic mass is 19.1. The van der Waals surface area contributed by atoms with Crippen molar-refractivity contribution in [2.75, 3.05) is 6.61 Å². The van der Waals surface area contributed by atoms with Crippen molar-refractivity contribution in [2.45, 2.75) is 57.4 Å². The molecule has 3 aliphatic rings. The van der Waals surface area contributed by atoms with E-state index < -0.39 is 29.5 Å². The Morgan fingerprint density at radius 1 is 1.05 bits per heavy atom. The van der Waals surface area contributed by atoms with E-state index in [1.165, 1.54) is 22.9 Å². The Kier molecular flexibility index (Phi) is 7.45. The van der Waals surface area contributed by atoms with Crippen LogP contribution in [0.2, 0.25) is 0 Å². The molecule has 1 N–H and O–H groups in total. The Balaban J connectivity index is 1.41. The summed E-state index contributed by atoms with van der Waals surface area (Å²) in [5, 5.41) is 7.72. The highest BCUT2D eigenvalue weighted by Crippen LogP contribution is 2.45. The number of allylic oxidation sites excluding steroid dienone is 1. The molecular weight excluding hydrogens is 531 g/mol. The van der Waals surface area contributed by atoms with Crippen molar-refractivity contribution in [3.63, 3.8) is 0 Å². The molecular formula is C32H32F3N3O3. The van der Waals surface area contributed by atoms with Crippen LogP contribution in [0.15, 0.2) is 54.6 Å². The third-order valence-corrected chi connectivity index (χ3v) is 8.68. The summed E-state index contributed by atoms with van der Waals surface area (Å²) in [5.74, 6) is -3.26. The summed E-state index contributed by atoms with van der Waals surface area (Å²) in [4.78, 5) is 26.7. The maximum Gasteiger partial charge on any atom is 0.311 e. The van der Waals surface area contributed by atoms with Crippen molar-refractivity contribution in [3.05, 3.63) is 94.6 Å². The van der Waals surface area contributed by atoms with Crippen LogP contribution in [0.1, 0.15) is 65.8 Å². The van der Waals surface area contributed by atoms with E-state index in [0.717, 1.165) is 43.4 Å². The number of carbonyl (C=O) groups excluding carboxylic acids is 2. The lowest BCUT2D eigenvalue weighted by molar-refractivity contribution is -0.149. The topological polar surface area (TPSA) is 73.2 Å². The standard InChI is InChI=1S/C32H32F3N3O3/c1-2-41-32(40)27-19-10-11-20(16-19)28(27)36-31(39)29-24-9-4-3-7-21(14-18-6-5-8-22(33)15-18)30(24)38(37-29)26-13-12-23(34)17-25(26)35/h5-6,8,10-13,15,17,19-21,27-28H,2-4,7,9,14,16H2,1H3,(H,36,39)/t19?,20?,21?,27-,28+/m0/s1. The SMILES string of the molecule is CCOC(=O)[C@H]1C2C=CC(C2)[C@H]1NC(=O)c1nn(-c2ccc(F)cc2F)c2c1CCCCC2Cc1cccc(F)c1. The van der Waals surface area contributed by atoms with Crippen LogP contribution < -0.4 is 5.32 Å². The van der Waals surface area contributed by atoms with Crippen molar-refractivity contribution in [3.8, 4) is 5.69 Å². The van der Waals surface area contributed by atoms with Crippen LogP contribution in [-0.2, 0) is 22.4 Å². The van der Waals surface area contributed by atoms with Gasteiger partial charge in [-0.2, -0.15) is 5.10 Å². The second kappa shape index (κ2) is 11.2. The Hall–Kier alpha value is -3.88. The summed E-state index contributed by atoms with van der Waals surface area (Å²) in [6.45, 7) is 2.01. The normalized spacial score (nSPS) is 24.6. The van der Waals surface area contributed by atoms with Crippen LogP contribution in [0.25, 0.3) is 5.69 Å². The number of fused-ring (bicyclic) bond motifs is 3. The number of rotatable bonds is 7. The van der Waals surface area contributed by atoms with Gasteiger partial charge in [0.05, 0.1) is 18.2 Å². The predicted octanol–water partition coefficient (Wildman–Crippen LogP) is 5.83. The van der Waals surface area contributed by atoms with Crippen molar-refractivity contribution >= 4 is 11.9 Å². The van der Waals surface area contributed by atoms with Gasteiger partial charge in [0.2, 0.25) is 0 Å². The van der Waals surface area contributed by atoms with E-state index in [9.17, 15) is 18.4 Å². The van der Waals surface area contributed by atoms with Crippen LogP contribution in [-0.4, -0.2) is 34.3 Å². The van der Waals surface area contributed by atoms with Crippen molar-refractivity contribution in [1.29, 1.82) is 0 Å². The zero-order chi connectivity index (χ0) is 28.7. The molecule has 1 aromatic heterocycles. The number of benzene rings is 2. The first kappa shape index (κ1) is 27.3. The summed E-state index contributed by atoms with van der Waals surface area (Å²) in [7, 11) is 0. The number of ether oxygens (including phenoxy) is 1. The van der Waals surface area contributed by atoms with E-state index in [-0.39, 0.29) is 47.5 Å². The number of hydrogen-bond acceptors (Lipinski definition) is 4. The molecule has 1 heterocycles. The molecule has 3 unspecified atom stereocenters. The van der Waals surface area contributed by atoms with Crippen LogP contribution in [0.4, 0.5) is 13.2 Å². The molecule has 1 amide bonds. The third kappa shape index (κ3) is 5.18. The molecule has 6 nitrogen and oxygen atoms in total. The molecule has 1 saturated carbocycles. The lowest BCUT2D eigenvalue weighted by atomic mass is 9.88. The van der Waals surface area contributed by atoms with Crippen molar-refractivity contribution < 1.29 is 27.5 Å². The van der Waals surface area contributed by atoms with Gasteiger partial charge in [-0.05, 0) is 80.7 Å². The second-order valence-electron chi connectivity index (χ2n) is 11.2. The number of amides is 1. The molecule has 214 valence electrons. The first-order valence-electron chi connectivity index (χ1n) is 14.3. The minimum Gasteiger partial charge on any atom is -0.466 e. The van der Waals surface area contributed by atoms with E-state index in [1.807, 2.05) is 18.2 Å². The van der Waals surface area contributed by atoms with Crippen LogP contribution in [0.3, 0.4) is 0 Å². The molecule has 0 aliphatic heterocycles. The molecule has 0 radical (unpaired) electrons. The van der Waals surface area contributed by atoms with Crippen LogP contribution >= 0.6 is 0 Å². The number of aromatic nitrogens is 2. The van der Waals surface area contributed by atoms with Gasteiger partial charge >= 0.3 is 5.97 Å². The first-order chi connectivity index (χ1) is 19.8. The predicted molar refractivity (Wildman–Crippen MR) is 146 cm³/mol. The lowest BCUT2D eigenvalue weighted by Crippen LogP contribution is -2.46. The minimum absolute atomic E-state index is 0.00276. The number of nitrogens with one attached hydrogen (secondary N) is 1. The highest BCUT2D eigenvalue weighted by molar-refractivity contribution is 5.95. The van der Waals surface area contributed by atoms with Crippen molar-refractivity contribution in [1.82, 2.24) is 15.1 Å². The van der Waals surface area contributed by atoms with E-state index in [1.54, 1.807) is 13.0 Å². The average Bonchev–Trinajstić information content (AvgIpc) is 3.60. The van der Waals surface area contributed by atoms with Gasteiger partial charge in [0.25, 0.3) is 5.91 Å². The molecule has 41 heavy (non-hydrogen) atoms. The molecule has 9 heteroatoms. The number of esters is 1. The van der Waals surface area contributed by atoms with E-state index >= 15 is 4.39 Å². The van der Waals surface area contributed by atoms with Crippen molar-refractivity contribution in [2.24, 2.45) is 17.8 Å². The third-order valence-electron chi connectivity index (χ3n) is 8.68. The summed E-state index contributed by atoms with van der Waals surface area (Å²) in [6, 6.07) is 9.21. The van der Waals surface area contributed by atoms with Crippen LogP contribution in [0.5, 0.6) is 0 Å². The number of hydrogen-bond donors (Lipinski definition) is 1. The molecule has 0 saturated heterocycles. The summed E-state index contributed by atoms with van der Waals surface area (Å²) >= 11 is 0. The molecule has 5 atom stereocenters. The van der Waals surface area contributed by atoms with Gasteiger partial charge in [-0.15, -0.1) is 0 Å². The fraction of sp³-hybridized carbons (Fsp3) is 0.406. The van der Waals surface area contributed by atoms with E-state index in [0.29, 0.717) is 24.1 Å². The monoisotopic (exact) mass is 563 g/mol. The number of halogens is 3. The molecule has 3 aromatic rings. The Bertz CT molecular complexity index is 1520. The maximum absolute atomic E-state index is 15.2. The highest BCUT2D eigenvalue weighted by Gasteiger charge is 2.50. The molecule has 6 rings (SSSR count). The first-order valence-corrected chi connectivity index (χ1v) is 14.3. The Morgan fingerprint density at radius 2 is 1.85 bits per heavy atom. The molecule has 0 spiro atoms. The smallest absolute Gasteiger partial charge is 0.311 e. The van der Waals surface area contributed by atoms with Gasteiger partial charge < -0.3 is 10.1 Å².